The minimum atomic E-state index is -0.210. The second kappa shape index (κ2) is 7.48. The Morgan fingerprint density at radius 1 is 1.39 bits per heavy atom. The molecule has 2 heterocycles. The van der Waals surface area contributed by atoms with E-state index in [1.165, 1.54) is 18.5 Å². The number of aromatic amines is 1. The Balaban J connectivity index is 1.65. The number of rotatable bonds is 4. The topological polar surface area (TPSA) is 58.2 Å². The van der Waals surface area contributed by atoms with Crippen LogP contribution in [0.4, 0.5) is 4.39 Å². The summed E-state index contributed by atoms with van der Waals surface area (Å²) in [5.41, 5.74) is 1.59. The Hall–Kier alpha value is -2.05. The zero-order chi connectivity index (χ0) is 16.1. The summed E-state index contributed by atoms with van der Waals surface area (Å²) in [7, 11) is 0. The van der Waals surface area contributed by atoms with Crippen molar-refractivity contribution in [3.63, 3.8) is 0 Å². The molecule has 3 rings (SSSR count). The summed E-state index contributed by atoms with van der Waals surface area (Å²) in [5.74, 6) is 0.0539. The van der Waals surface area contributed by atoms with Gasteiger partial charge in [-0.25, -0.2) is 9.37 Å². The van der Waals surface area contributed by atoms with Crippen molar-refractivity contribution in [2.75, 3.05) is 26.3 Å². The van der Waals surface area contributed by atoms with E-state index in [9.17, 15) is 9.18 Å². The molecule has 1 atom stereocenters. The molecular weight excluding hydrogens is 297 g/mol. The minimum Gasteiger partial charge on any atom is -0.380 e. The third-order valence-electron chi connectivity index (χ3n) is 3.95. The summed E-state index contributed by atoms with van der Waals surface area (Å²) in [4.78, 5) is 20.4. The predicted molar refractivity (Wildman–Crippen MR) is 84.5 cm³/mol. The standard InChI is InChI=1S/C17H20FN3O2/c18-15-3-1-2-13(6-15)9-21-4-5-23-11-14(10-21)7-16-8-17(22)20-12-19-16/h1-3,6,8,12,14H,4-5,7,9-11H2,(H,19,20,22)/t14-/m0/s1. The highest BCUT2D eigenvalue weighted by Gasteiger charge is 2.20. The lowest BCUT2D eigenvalue weighted by Gasteiger charge is -2.23. The Labute approximate surface area is 134 Å². The summed E-state index contributed by atoms with van der Waals surface area (Å²) in [6.45, 7) is 3.66. The van der Waals surface area contributed by atoms with E-state index in [4.69, 9.17) is 4.74 Å². The van der Waals surface area contributed by atoms with E-state index in [2.05, 4.69) is 14.9 Å². The third-order valence-corrected chi connectivity index (χ3v) is 3.95. The first-order valence-corrected chi connectivity index (χ1v) is 7.77. The van der Waals surface area contributed by atoms with Crippen LogP contribution in [0.3, 0.4) is 0 Å². The van der Waals surface area contributed by atoms with Gasteiger partial charge in [-0.1, -0.05) is 12.1 Å². The fourth-order valence-corrected chi connectivity index (χ4v) is 2.93. The molecule has 0 aliphatic carbocycles. The van der Waals surface area contributed by atoms with Crippen LogP contribution in [0.1, 0.15) is 11.3 Å². The van der Waals surface area contributed by atoms with E-state index >= 15 is 0 Å². The zero-order valence-corrected chi connectivity index (χ0v) is 12.9. The maximum Gasteiger partial charge on any atom is 0.250 e. The first-order chi connectivity index (χ1) is 11.2. The van der Waals surface area contributed by atoms with Crippen LogP contribution in [0.15, 0.2) is 41.5 Å². The molecule has 23 heavy (non-hydrogen) atoms. The fourth-order valence-electron chi connectivity index (χ4n) is 2.93. The molecule has 1 N–H and O–H groups in total. The zero-order valence-electron chi connectivity index (χ0n) is 12.9. The molecule has 1 aromatic heterocycles. The number of halogens is 1. The Morgan fingerprint density at radius 2 is 2.30 bits per heavy atom. The van der Waals surface area contributed by atoms with Crippen LogP contribution < -0.4 is 5.56 Å². The Kier molecular flexibility index (Phi) is 5.15. The molecule has 1 saturated heterocycles. The van der Waals surface area contributed by atoms with Gasteiger partial charge in [0, 0.05) is 37.3 Å². The molecule has 5 nitrogen and oxygen atoms in total. The van der Waals surface area contributed by atoms with Crippen molar-refractivity contribution >= 4 is 0 Å². The van der Waals surface area contributed by atoms with Crippen LogP contribution in [0.2, 0.25) is 0 Å². The van der Waals surface area contributed by atoms with Gasteiger partial charge in [0.25, 0.3) is 5.56 Å². The molecule has 1 aliphatic heterocycles. The van der Waals surface area contributed by atoms with E-state index in [1.807, 2.05) is 6.07 Å². The lowest BCUT2D eigenvalue weighted by atomic mass is 10.0. The molecule has 122 valence electrons. The number of aromatic nitrogens is 2. The van der Waals surface area contributed by atoms with Crippen molar-refractivity contribution in [1.29, 1.82) is 0 Å². The molecule has 0 bridgehead atoms. The number of ether oxygens (including phenoxy) is 1. The van der Waals surface area contributed by atoms with Crippen LogP contribution >= 0.6 is 0 Å². The van der Waals surface area contributed by atoms with Gasteiger partial charge in [0.2, 0.25) is 0 Å². The number of benzene rings is 1. The molecular formula is C17H20FN3O2. The highest BCUT2D eigenvalue weighted by atomic mass is 19.1. The lowest BCUT2D eigenvalue weighted by Crippen LogP contribution is -2.30. The van der Waals surface area contributed by atoms with Gasteiger partial charge < -0.3 is 9.72 Å². The summed E-state index contributed by atoms with van der Waals surface area (Å²) in [6, 6.07) is 8.22. The molecule has 0 unspecified atom stereocenters. The SMILES string of the molecule is O=c1cc(C[C@@H]2COCCN(Cc3cccc(F)c3)C2)nc[nH]1. The van der Waals surface area contributed by atoms with Crippen LogP contribution in [0.5, 0.6) is 0 Å². The molecule has 0 amide bonds. The molecule has 0 spiro atoms. The number of nitrogens with zero attached hydrogens (tertiary/aromatic N) is 2. The Morgan fingerprint density at radius 3 is 3.13 bits per heavy atom. The molecule has 1 aromatic carbocycles. The monoisotopic (exact) mass is 317 g/mol. The summed E-state index contributed by atoms with van der Waals surface area (Å²) in [5, 5.41) is 0. The Bertz CT molecular complexity index is 704. The van der Waals surface area contributed by atoms with Gasteiger partial charge in [-0.3, -0.25) is 9.69 Å². The molecule has 0 saturated carbocycles. The van der Waals surface area contributed by atoms with Crippen LogP contribution in [-0.4, -0.2) is 41.2 Å². The average Bonchev–Trinajstić information content (AvgIpc) is 2.72. The van der Waals surface area contributed by atoms with E-state index in [-0.39, 0.29) is 17.3 Å². The summed E-state index contributed by atoms with van der Waals surface area (Å²) in [6.07, 6.45) is 2.13. The predicted octanol–water partition coefficient (Wildman–Crippen LogP) is 1.60. The fraction of sp³-hybridized carbons (Fsp3) is 0.412. The van der Waals surface area contributed by atoms with Crippen molar-refractivity contribution in [2.24, 2.45) is 5.92 Å². The molecule has 1 fully saturated rings. The number of hydrogen-bond donors (Lipinski definition) is 1. The van der Waals surface area contributed by atoms with Crippen molar-refractivity contribution in [3.8, 4) is 0 Å². The summed E-state index contributed by atoms with van der Waals surface area (Å²) < 4.78 is 19.0. The second-order valence-corrected chi connectivity index (χ2v) is 5.91. The molecule has 0 radical (unpaired) electrons. The molecule has 1 aliphatic rings. The maximum absolute atomic E-state index is 13.3. The molecule has 6 heteroatoms. The first kappa shape index (κ1) is 15.8. The lowest BCUT2D eigenvalue weighted by molar-refractivity contribution is 0.121. The number of H-pyrrole nitrogens is 1. The minimum absolute atomic E-state index is 0.138. The van der Waals surface area contributed by atoms with E-state index in [0.717, 1.165) is 24.3 Å². The van der Waals surface area contributed by atoms with Crippen molar-refractivity contribution in [3.05, 3.63) is 64.1 Å². The van der Waals surface area contributed by atoms with Gasteiger partial charge in [-0.2, -0.15) is 0 Å². The van der Waals surface area contributed by atoms with Crippen LogP contribution in [0.25, 0.3) is 0 Å². The van der Waals surface area contributed by atoms with Crippen LogP contribution in [-0.2, 0) is 17.7 Å². The van der Waals surface area contributed by atoms with Crippen molar-refractivity contribution in [1.82, 2.24) is 14.9 Å². The average molecular weight is 317 g/mol. The summed E-state index contributed by atoms with van der Waals surface area (Å²) >= 11 is 0. The van der Waals surface area contributed by atoms with E-state index < -0.39 is 0 Å². The highest BCUT2D eigenvalue weighted by molar-refractivity contribution is 5.16. The molecule has 2 aromatic rings. The number of hydrogen-bond acceptors (Lipinski definition) is 4. The van der Waals surface area contributed by atoms with Gasteiger partial charge in [0.15, 0.2) is 0 Å². The first-order valence-electron chi connectivity index (χ1n) is 7.77. The van der Waals surface area contributed by atoms with Gasteiger partial charge in [0.1, 0.15) is 5.82 Å². The second-order valence-electron chi connectivity index (χ2n) is 5.91. The van der Waals surface area contributed by atoms with Gasteiger partial charge >= 0.3 is 0 Å². The van der Waals surface area contributed by atoms with Gasteiger partial charge in [-0.15, -0.1) is 0 Å². The smallest absolute Gasteiger partial charge is 0.250 e. The van der Waals surface area contributed by atoms with Crippen molar-refractivity contribution < 1.29 is 9.13 Å². The van der Waals surface area contributed by atoms with Crippen molar-refractivity contribution in [2.45, 2.75) is 13.0 Å². The largest absolute Gasteiger partial charge is 0.380 e. The number of nitrogens with one attached hydrogen (secondary N) is 1. The maximum atomic E-state index is 13.3. The van der Waals surface area contributed by atoms with Gasteiger partial charge in [0.05, 0.1) is 19.5 Å². The highest BCUT2D eigenvalue weighted by Crippen LogP contribution is 2.15. The normalized spacial score (nSPS) is 19.4. The van der Waals surface area contributed by atoms with E-state index in [0.29, 0.717) is 26.2 Å². The van der Waals surface area contributed by atoms with Gasteiger partial charge in [-0.05, 0) is 24.1 Å². The van der Waals surface area contributed by atoms with Crippen LogP contribution in [0, 0.1) is 11.7 Å². The van der Waals surface area contributed by atoms with E-state index in [1.54, 1.807) is 12.1 Å². The third kappa shape index (κ3) is 4.71. The quantitative estimate of drug-likeness (QED) is 0.930.